The largest absolute Gasteiger partial charge is 0.309 e. The number of aromatic amines is 1. The zero-order chi connectivity index (χ0) is 16.0. The normalized spacial score (nSPS) is 17.0. The number of anilines is 1. The minimum absolute atomic E-state index is 0.0764. The Morgan fingerprint density at radius 1 is 1.26 bits per heavy atom. The lowest BCUT2D eigenvalue weighted by Gasteiger charge is -2.21. The molecule has 23 heavy (non-hydrogen) atoms. The zero-order valence-corrected chi connectivity index (χ0v) is 12.4. The molecule has 1 unspecified atom stereocenters. The van der Waals surface area contributed by atoms with E-state index in [9.17, 15) is 9.18 Å². The Balaban J connectivity index is 1.82. The fourth-order valence-electron chi connectivity index (χ4n) is 3.02. The Morgan fingerprint density at radius 2 is 2.04 bits per heavy atom. The Bertz CT molecular complexity index is 880. The number of nitrogens with zero attached hydrogens (tertiary/aromatic N) is 3. The summed E-state index contributed by atoms with van der Waals surface area (Å²) >= 11 is 0. The number of halogens is 1. The van der Waals surface area contributed by atoms with Crippen molar-refractivity contribution in [1.82, 2.24) is 20.0 Å². The molecule has 0 fully saturated rings. The quantitative estimate of drug-likeness (QED) is 0.763. The van der Waals surface area contributed by atoms with E-state index in [0.717, 1.165) is 22.4 Å². The molecule has 0 saturated carbocycles. The number of aryl methyl sites for hydroxylation is 1. The van der Waals surface area contributed by atoms with Crippen LogP contribution in [0.2, 0.25) is 0 Å². The number of aromatic nitrogens is 4. The van der Waals surface area contributed by atoms with E-state index in [4.69, 9.17) is 0 Å². The number of amides is 1. The number of H-pyrrole nitrogens is 1. The molecule has 1 amide bonds. The molecule has 1 atom stereocenters. The maximum atomic E-state index is 13.1. The van der Waals surface area contributed by atoms with E-state index >= 15 is 0 Å². The van der Waals surface area contributed by atoms with Gasteiger partial charge in [0.1, 0.15) is 5.82 Å². The van der Waals surface area contributed by atoms with E-state index < -0.39 is 0 Å². The van der Waals surface area contributed by atoms with Crippen LogP contribution in [0.25, 0.3) is 11.3 Å². The number of carbonyl (C=O) groups excluding carboxylic acids is 1. The summed E-state index contributed by atoms with van der Waals surface area (Å²) in [6, 6.07) is 6.20. The van der Waals surface area contributed by atoms with Crippen molar-refractivity contribution in [2.24, 2.45) is 7.05 Å². The van der Waals surface area contributed by atoms with Crippen molar-refractivity contribution >= 4 is 11.7 Å². The summed E-state index contributed by atoms with van der Waals surface area (Å²) in [4.78, 5) is 12.0. The van der Waals surface area contributed by atoms with Gasteiger partial charge in [0.2, 0.25) is 5.91 Å². The lowest BCUT2D eigenvalue weighted by molar-refractivity contribution is -0.116. The number of rotatable bonds is 2. The SMILES string of the molecule is Cn1cc2c(n1)NC(=O)CC2c1cn[nH]c1-c1ccc(F)cc1. The number of benzene rings is 1. The number of hydrogen-bond donors (Lipinski definition) is 2. The van der Waals surface area contributed by atoms with E-state index in [1.165, 1.54) is 12.1 Å². The number of carbonyl (C=O) groups is 1. The van der Waals surface area contributed by atoms with Gasteiger partial charge in [-0.25, -0.2) is 4.39 Å². The Kier molecular flexibility index (Phi) is 3.00. The molecule has 0 bridgehead atoms. The molecular weight excluding hydrogens is 297 g/mol. The van der Waals surface area contributed by atoms with E-state index in [0.29, 0.717) is 12.2 Å². The zero-order valence-electron chi connectivity index (χ0n) is 12.4. The molecule has 3 aromatic rings. The first kappa shape index (κ1) is 13.7. The summed E-state index contributed by atoms with van der Waals surface area (Å²) in [5.41, 5.74) is 3.48. The highest BCUT2D eigenvalue weighted by Crippen LogP contribution is 2.39. The van der Waals surface area contributed by atoms with Crippen LogP contribution in [0.1, 0.15) is 23.5 Å². The lowest BCUT2D eigenvalue weighted by atomic mass is 9.86. The number of hydrogen-bond acceptors (Lipinski definition) is 3. The summed E-state index contributed by atoms with van der Waals surface area (Å²) in [5.74, 6) is 0.0834. The molecule has 6 nitrogen and oxygen atoms in total. The molecule has 3 heterocycles. The lowest BCUT2D eigenvalue weighted by Crippen LogP contribution is -2.23. The van der Waals surface area contributed by atoms with Crippen LogP contribution in [0.3, 0.4) is 0 Å². The molecule has 4 rings (SSSR count). The highest BCUT2D eigenvalue weighted by atomic mass is 19.1. The standard InChI is InChI=1S/C16H14FN5O/c1-22-8-13-11(6-14(23)19-16(13)21-22)12-7-18-20-15(12)9-2-4-10(17)5-3-9/h2-5,7-8,11H,6H2,1H3,(H,18,20)(H,19,21,23). The third kappa shape index (κ3) is 2.30. The molecule has 0 aliphatic carbocycles. The summed E-state index contributed by atoms with van der Waals surface area (Å²) < 4.78 is 14.8. The summed E-state index contributed by atoms with van der Waals surface area (Å²) in [7, 11) is 1.82. The van der Waals surface area contributed by atoms with Gasteiger partial charge < -0.3 is 5.32 Å². The maximum absolute atomic E-state index is 13.1. The van der Waals surface area contributed by atoms with E-state index in [1.54, 1.807) is 23.0 Å². The summed E-state index contributed by atoms with van der Waals surface area (Å²) in [6.07, 6.45) is 3.95. The Morgan fingerprint density at radius 3 is 2.83 bits per heavy atom. The molecule has 0 spiro atoms. The molecule has 0 saturated heterocycles. The molecule has 2 N–H and O–H groups in total. The van der Waals surface area contributed by atoms with Gasteiger partial charge >= 0.3 is 0 Å². The van der Waals surface area contributed by atoms with Crippen LogP contribution in [-0.4, -0.2) is 25.9 Å². The van der Waals surface area contributed by atoms with Crippen molar-refractivity contribution in [3.8, 4) is 11.3 Å². The van der Waals surface area contributed by atoms with Crippen LogP contribution in [0.5, 0.6) is 0 Å². The van der Waals surface area contributed by atoms with Gasteiger partial charge in [-0.1, -0.05) is 0 Å². The van der Waals surface area contributed by atoms with Gasteiger partial charge in [-0.3, -0.25) is 14.6 Å². The van der Waals surface area contributed by atoms with Crippen molar-refractivity contribution in [1.29, 1.82) is 0 Å². The predicted octanol–water partition coefficient (Wildman–Crippen LogP) is 2.42. The number of nitrogens with one attached hydrogen (secondary N) is 2. The van der Waals surface area contributed by atoms with E-state index in [-0.39, 0.29) is 17.6 Å². The van der Waals surface area contributed by atoms with Gasteiger partial charge in [-0.05, 0) is 24.3 Å². The third-order valence-corrected chi connectivity index (χ3v) is 4.06. The molecule has 116 valence electrons. The van der Waals surface area contributed by atoms with Crippen LogP contribution in [-0.2, 0) is 11.8 Å². The van der Waals surface area contributed by atoms with Crippen molar-refractivity contribution < 1.29 is 9.18 Å². The molecule has 1 aromatic carbocycles. The van der Waals surface area contributed by atoms with E-state index in [2.05, 4.69) is 20.6 Å². The second-order valence-corrected chi connectivity index (χ2v) is 5.62. The highest BCUT2D eigenvalue weighted by Gasteiger charge is 2.31. The van der Waals surface area contributed by atoms with Gasteiger partial charge in [0.25, 0.3) is 0 Å². The molecule has 2 aromatic heterocycles. The van der Waals surface area contributed by atoms with Crippen LogP contribution < -0.4 is 5.32 Å². The third-order valence-electron chi connectivity index (χ3n) is 4.06. The monoisotopic (exact) mass is 311 g/mol. The first-order chi connectivity index (χ1) is 11.1. The fourth-order valence-corrected chi connectivity index (χ4v) is 3.02. The Labute approximate surface area is 131 Å². The molecule has 7 heteroatoms. The average Bonchev–Trinajstić information content (AvgIpc) is 3.13. The predicted molar refractivity (Wildman–Crippen MR) is 82.3 cm³/mol. The maximum Gasteiger partial charge on any atom is 0.226 e. The van der Waals surface area contributed by atoms with Gasteiger partial charge in [0.05, 0.1) is 11.9 Å². The van der Waals surface area contributed by atoms with Crippen LogP contribution >= 0.6 is 0 Å². The smallest absolute Gasteiger partial charge is 0.226 e. The van der Waals surface area contributed by atoms with Crippen LogP contribution in [0.15, 0.2) is 36.7 Å². The van der Waals surface area contributed by atoms with Crippen molar-refractivity contribution in [2.75, 3.05) is 5.32 Å². The first-order valence-electron chi connectivity index (χ1n) is 7.24. The van der Waals surface area contributed by atoms with Gasteiger partial charge in [0, 0.05) is 42.3 Å². The average molecular weight is 311 g/mol. The second kappa shape index (κ2) is 5.05. The summed E-state index contributed by atoms with van der Waals surface area (Å²) in [6.45, 7) is 0. The molecule has 1 aliphatic rings. The van der Waals surface area contributed by atoms with Gasteiger partial charge in [0.15, 0.2) is 5.82 Å². The van der Waals surface area contributed by atoms with Gasteiger partial charge in [-0.2, -0.15) is 10.2 Å². The van der Waals surface area contributed by atoms with Crippen molar-refractivity contribution in [3.63, 3.8) is 0 Å². The Hall–Kier alpha value is -2.96. The minimum atomic E-state index is -0.290. The van der Waals surface area contributed by atoms with E-state index in [1.807, 2.05) is 13.2 Å². The fraction of sp³-hybridized carbons (Fsp3) is 0.188. The molecule has 0 radical (unpaired) electrons. The van der Waals surface area contributed by atoms with Crippen molar-refractivity contribution in [2.45, 2.75) is 12.3 Å². The second-order valence-electron chi connectivity index (χ2n) is 5.62. The highest BCUT2D eigenvalue weighted by molar-refractivity contribution is 5.94. The van der Waals surface area contributed by atoms with Crippen LogP contribution in [0.4, 0.5) is 10.2 Å². The number of fused-ring (bicyclic) bond motifs is 1. The summed E-state index contributed by atoms with van der Waals surface area (Å²) in [5, 5.41) is 14.2. The van der Waals surface area contributed by atoms with Crippen LogP contribution in [0, 0.1) is 5.82 Å². The molecule has 1 aliphatic heterocycles. The topological polar surface area (TPSA) is 75.6 Å². The minimum Gasteiger partial charge on any atom is -0.309 e. The first-order valence-corrected chi connectivity index (χ1v) is 7.24. The van der Waals surface area contributed by atoms with Gasteiger partial charge in [-0.15, -0.1) is 0 Å². The molecular formula is C16H14FN5O. The van der Waals surface area contributed by atoms with Crippen molar-refractivity contribution in [3.05, 3.63) is 53.6 Å².